The number of rotatable bonds is 5. The molecule has 1 N–H and O–H groups in total. The van der Waals surface area contributed by atoms with Crippen molar-refractivity contribution in [3.8, 4) is 56.3 Å². The number of hydrogen-bond acceptors (Lipinski definition) is 3. The highest BCUT2D eigenvalue weighted by Gasteiger charge is 2.28. The van der Waals surface area contributed by atoms with E-state index in [1.165, 1.54) is 27.8 Å². The summed E-state index contributed by atoms with van der Waals surface area (Å²) in [5.41, 5.74) is 15.5. The SMILES string of the molecule is CC(C)(C)c1cc(-c2cc(C(C)(C)C)ccn2)cc(-c2cc(C(C)(C)C)cc3c2nc(-c2ccc(-c4ccccc4)cc2O)n3-c2cc(C(C)(C)C)cc(C(C)(C)C)c2)c1. The Bertz CT molecular complexity index is 2680. The maximum Gasteiger partial charge on any atom is 0.149 e. The highest BCUT2D eigenvalue weighted by molar-refractivity contribution is 5.98. The van der Waals surface area contributed by atoms with E-state index in [2.05, 4.69) is 187 Å². The van der Waals surface area contributed by atoms with Crippen LogP contribution in [-0.2, 0) is 27.1 Å². The molecule has 0 bridgehead atoms. The molecule has 0 unspecified atom stereocenters. The predicted molar refractivity (Wildman–Crippen MR) is 256 cm³/mol. The molecule has 310 valence electrons. The van der Waals surface area contributed by atoms with Crippen molar-refractivity contribution in [3.63, 3.8) is 0 Å². The minimum absolute atomic E-state index is 0.0133. The van der Waals surface area contributed by atoms with Crippen molar-refractivity contribution in [1.29, 1.82) is 0 Å². The number of imidazole rings is 1. The zero-order chi connectivity index (χ0) is 43.7. The number of aromatic hydroxyl groups is 1. The molecule has 2 aromatic heterocycles. The van der Waals surface area contributed by atoms with Crippen LogP contribution in [0, 0.1) is 0 Å². The molecule has 0 fully saturated rings. The van der Waals surface area contributed by atoms with Crippen molar-refractivity contribution in [1.82, 2.24) is 14.5 Å². The van der Waals surface area contributed by atoms with Crippen LogP contribution in [0.3, 0.4) is 0 Å². The number of pyridine rings is 1. The van der Waals surface area contributed by atoms with E-state index in [1.54, 1.807) is 0 Å². The number of fused-ring (bicyclic) bond motifs is 1. The minimum atomic E-state index is -0.172. The molecule has 0 radical (unpaired) electrons. The Hall–Kier alpha value is -5.48. The standard InChI is InChI=1S/C56H65N3O/c1-52(2,3)39-23-24-57-47(33-39)38-25-37(26-40(27-38)53(4,5)6)46-32-43(56(13,14)15)34-48-50(46)58-51(45-22-21-36(28-49(45)60)35-19-17-16-18-20-35)59(48)44-30-41(54(7,8)9)29-42(31-44)55(10,11)12/h16-34,60H,1-15H3. The van der Waals surface area contributed by atoms with Gasteiger partial charge in [0.1, 0.15) is 11.6 Å². The average molecular weight is 796 g/mol. The second kappa shape index (κ2) is 14.9. The topological polar surface area (TPSA) is 50.9 Å². The molecule has 0 saturated carbocycles. The maximum absolute atomic E-state index is 12.0. The van der Waals surface area contributed by atoms with Gasteiger partial charge in [0.15, 0.2) is 0 Å². The molecule has 0 atom stereocenters. The van der Waals surface area contributed by atoms with E-state index in [-0.39, 0.29) is 32.8 Å². The smallest absolute Gasteiger partial charge is 0.149 e. The van der Waals surface area contributed by atoms with Gasteiger partial charge in [0, 0.05) is 23.0 Å². The highest BCUT2D eigenvalue weighted by Crippen LogP contribution is 2.44. The minimum Gasteiger partial charge on any atom is -0.507 e. The molecule has 5 aromatic carbocycles. The fourth-order valence-corrected chi connectivity index (χ4v) is 7.83. The first kappa shape index (κ1) is 42.6. The van der Waals surface area contributed by atoms with Crippen LogP contribution in [0.15, 0.2) is 115 Å². The summed E-state index contributed by atoms with van der Waals surface area (Å²) in [6, 6.07) is 39.2. The van der Waals surface area contributed by atoms with Crippen molar-refractivity contribution in [2.75, 3.05) is 0 Å². The third-order valence-electron chi connectivity index (χ3n) is 11.9. The van der Waals surface area contributed by atoms with Gasteiger partial charge in [0.2, 0.25) is 0 Å². The van der Waals surface area contributed by atoms with E-state index in [9.17, 15) is 5.11 Å². The fourth-order valence-electron chi connectivity index (χ4n) is 7.83. The molecule has 7 aromatic rings. The zero-order valence-electron chi connectivity index (χ0n) is 38.8. The highest BCUT2D eigenvalue weighted by atomic mass is 16.3. The summed E-state index contributed by atoms with van der Waals surface area (Å²) in [5, 5.41) is 12.0. The Morgan fingerprint density at radius 2 is 0.983 bits per heavy atom. The Morgan fingerprint density at radius 3 is 1.55 bits per heavy atom. The quantitative estimate of drug-likeness (QED) is 0.189. The van der Waals surface area contributed by atoms with Gasteiger partial charge < -0.3 is 5.11 Å². The Morgan fingerprint density at radius 1 is 0.433 bits per heavy atom. The van der Waals surface area contributed by atoms with E-state index >= 15 is 0 Å². The molecule has 0 amide bonds. The molecule has 60 heavy (non-hydrogen) atoms. The summed E-state index contributed by atoms with van der Waals surface area (Å²) in [7, 11) is 0. The van der Waals surface area contributed by atoms with Crippen molar-refractivity contribution < 1.29 is 5.11 Å². The normalized spacial score (nSPS) is 13.0. The van der Waals surface area contributed by atoms with Crippen LogP contribution in [0.4, 0.5) is 0 Å². The summed E-state index contributed by atoms with van der Waals surface area (Å²) >= 11 is 0. The molecule has 4 nitrogen and oxygen atoms in total. The largest absolute Gasteiger partial charge is 0.507 e. The lowest BCUT2D eigenvalue weighted by Crippen LogP contribution is -2.17. The number of nitrogens with zero attached hydrogens (tertiary/aromatic N) is 3. The number of phenolic OH excluding ortho intramolecular Hbond substituents is 1. The van der Waals surface area contributed by atoms with Crippen LogP contribution in [-0.4, -0.2) is 19.6 Å². The van der Waals surface area contributed by atoms with Gasteiger partial charge in [0.25, 0.3) is 0 Å². The molecule has 7 rings (SSSR count). The van der Waals surface area contributed by atoms with Gasteiger partial charge in [-0.15, -0.1) is 0 Å². The van der Waals surface area contributed by atoms with Gasteiger partial charge in [-0.1, -0.05) is 152 Å². The zero-order valence-corrected chi connectivity index (χ0v) is 38.8. The van der Waals surface area contributed by atoms with E-state index in [4.69, 9.17) is 9.97 Å². The van der Waals surface area contributed by atoms with Crippen LogP contribution in [0.5, 0.6) is 5.75 Å². The summed E-state index contributed by atoms with van der Waals surface area (Å²) < 4.78 is 2.30. The molecule has 2 heterocycles. The summed E-state index contributed by atoms with van der Waals surface area (Å²) in [4.78, 5) is 10.6. The lowest BCUT2D eigenvalue weighted by molar-refractivity contribution is 0.477. The fraction of sp³-hybridized carbons (Fsp3) is 0.357. The van der Waals surface area contributed by atoms with Gasteiger partial charge >= 0.3 is 0 Å². The lowest BCUT2D eigenvalue weighted by atomic mass is 9.80. The first-order chi connectivity index (χ1) is 27.8. The van der Waals surface area contributed by atoms with Crippen LogP contribution in [0.25, 0.3) is 61.6 Å². The predicted octanol–water partition coefficient (Wildman–Crippen LogP) is 15.3. The van der Waals surface area contributed by atoms with Crippen molar-refractivity contribution in [3.05, 3.63) is 143 Å². The van der Waals surface area contributed by atoms with Crippen LogP contribution in [0.1, 0.15) is 132 Å². The molecule has 0 aliphatic carbocycles. The number of aromatic nitrogens is 3. The summed E-state index contributed by atoms with van der Waals surface area (Å²) in [6.45, 7) is 34.1. The number of benzene rings is 5. The van der Waals surface area contributed by atoms with Crippen LogP contribution in [0.2, 0.25) is 0 Å². The lowest BCUT2D eigenvalue weighted by Gasteiger charge is -2.27. The molecule has 0 spiro atoms. The average Bonchev–Trinajstić information content (AvgIpc) is 3.55. The van der Waals surface area contributed by atoms with E-state index in [1.807, 2.05) is 36.5 Å². The molecule has 0 aliphatic heterocycles. The van der Waals surface area contributed by atoms with Gasteiger partial charge in [0.05, 0.1) is 22.3 Å². The maximum atomic E-state index is 12.0. The van der Waals surface area contributed by atoms with E-state index in [0.29, 0.717) is 11.4 Å². The number of hydrogen-bond donors (Lipinski definition) is 1. The Kier molecular flexibility index (Phi) is 10.6. The van der Waals surface area contributed by atoms with E-state index < -0.39 is 0 Å². The number of phenols is 1. The molecular formula is C56H65N3O. The third-order valence-corrected chi connectivity index (χ3v) is 11.9. The second-order valence-electron chi connectivity index (χ2n) is 22.0. The van der Waals surface area contributed by atoms with Crippen molar-refractivity contribution in [2.45, 2.75) is 131 Å². The summed E-state index contributed by atoms with van der Waals surface area (Å²) in [6.07, 6.45) is 1.94. The van der Waals surface area contributed by atoms with Crippen LogP contribution >= 0.6 is 0 Å². The van der Waals surface area contributed by atoms with Gasteiger partial charge in [-0.25, -0.2) is 4.98 Å². The Balaban J connectivity index is 1.61. The molecule has 0 aliphatic rings. The van der Waals surface area contributed by atoms with E-state index in [0.717, 1.165) is 50.2 Å². The van der Waals surface area contributed by atoms with Crippen LogP contribution < -0.4 is 0 Å². The first-order valence-electron chi connectivity index (χ1n) is 21.5. The molecular weight excluding hydrogens is 731 g/mol. The monoisotopic (exact) mass is 796 g/mol. The Labute approximate surface area is 359 Å². The van der Waals surface area contributed by atoms with Gasteiger partial charge in [-0.05, 0) is 132 Å². The molecule has 4 heteroatoms. The molecule has 0 saturated heterocycles. The first-order valence-corrected chi connectivity index (χ1v) is 21.5. The van der Waals surface area contributed by atoms with Gasteiger partial charge in [-0.2, -0.15) is 0 Å². The summed E-state index contributed by atoms with van der Waals surface area (Å²) in [5.74, 6) is 0.891. The van der Waals surface area contributed by atoms with Crippen molar-refractivity contribution in [2.24, 2.45) is 0 Å². The van der Waals surface area contributed by atoms with Gasteiger partial charge in [-0.3, -0.25) is 9.55 Å². The van der Waals surface area contributed by atoms with Crippen molar-refractivity contribution >= 4 is 11.0 Å². The third kappa shape index (κ3) is 8.57. The second-order valence-corrected chi connectivity index (χ2v) is 22.0.